The van der Waals surface area contributed by atoms with Gasteiger partial charge in [0.1, 0.15) is 0 Å². The number of benzene rings is 1. The number of hydrogen-bond donors (Lipinski definition) is 2. The Morgan fingerprint density at radius 3 is 2.84 bits per heavy atom. The Hall–Kier alpha value is -1.55. The van der Waals surface area contributed by atoms with Gasteiger partial charge in [-0.15, -0.1) is 0 Å². The lowest BCUT2D eigenvalue weighted by Gasteiger charge is -2.24. The Balaban J connectivity index is 1.96. The Labute approximate surface area is 114 Å². The van der Waals surface area contributed by atoms with Crippen molar-refractivity contribution in [2.75, 3.05) is 23.8 Å². The van der Waals surface area contributed by atoms with Gasteiger partial charge in [-0.05, 0) is 31.0 Å². The molecule has 0 spiro atoms. The molecular formula is C15H22N2O2. The molecule has 1 amide bonds. The Kier molecular flexibility index (Phi) is 4.80. The van der Waals surface area contributed by atoms with E-state index in [0.29, 0.717) is 6.04 Å². The summed E-state index contributed by atoms with van der Waals surface area (Å²) in [6, 6.07) is 8.20. The highest BCUT2D eigenvalue weighted by Crippen LogP contribution is 2.19. The zero-order chi connectivity index (χ0) is 13.7. The second-order valence-electron chi connectivity index (χ2n) is 5.28. The summed E-state index contributed by atoms with van der Waals surface area (Å²) in [7, 11) is 0. The maximum atomic E-state index is 11.7. The molecule has 2 rings (SSSR count). The molecule has 0 saturated carbocycles. The monoisotopic (exact) mass is 262 g/mol. The number of hydrogen-bond acceptors (Lipinski definition) is 3. The zero-order valence-corrected chi connectivity index (χ0v) is 11.6. The molecule has 0 aromatic heterocycles. The summed E-state index contributed by atoms with van der Waals surface area (Å²) in [6.07, 6.45) is 2.23. The largest absolute Gasteiger partial charge is 0.380 e. The van der Waals surface area contributed by atoms with E-state index in [4.69, 9.17) is 4.74 Å². The highest BCUT2D eigenvalue weighted by molar-refractivity contribution is 5.92. The van der Waals surface area contributed by atoms with E-state index in [1.165, 1.54) is 0 Å². The average molecular weight is 262 g/mol. The number of carbonyl (C=O) groups is 1. The highest BCUT2D eigenvalue weighted by Gasteiger charge is 2.13. The smallest absolute Gasteiger partial charge is 0.226 e. The summed E-state index contributed by atoms with van der Waals surface area (Å²) < 4.78 is 5.45. The minimum Gasteiger partial charge on any atom is -0.380 e. The van der Waals surface area contributed by atoms with E-state index in [1.54, 1.807) is 0 Å². The van der Waals surface area contributed by atoms with Crippen LogP contribution in [0.4, 0.5) is 11.4 Å². The Morgan fingerprint density at radius 2 is 2.16 bits per heavy atom. The van der Waals surface area contributed by atoms with Crippen LogP contribution in [0, 0.1) is 5.92 Å². The third kappa shape index (κ3) is 4.24. The van der Waals surface area contributed by atoms with Gasteiger partial charge in [-0.2, -0.15) is 0 Å². The molecule has 1 saturated heterocycles. The number of rotatable bonds is 4. The maximum Gasteiger partial charge on any atom is 0.226 e. The van der Waals surface area contributed by atoms with Gasteiger partial charge < -0.3 is 15.4 Å². The standard InChI is InChI=1S/C15H22N2O2/c1-11(2)15(18)17-13-6-3-5-12(9-13)16-14-7-4-8-19-10-14/h3,5-6,9,11,14,16H,4,7-8,10H2,1-2H3,(H,17,18). The Bertz CT molecular complexity index is 426. The topological polar surface area (TPSA) is 50.4 Å². The molecule has 2 N–H and O–H groups in total. The molecule has 4 nitrogen and oxygen atoms in total. The van der Waals surface area contributed by atoms with Gasteiger partial charge in [0, 0.05) is 29.9 Å². The lowest BCUT2D eigenvalue weighted by molar-refractivity contribution is -0.118. The SMILES string of the molecule is CC(C)C(=O)Nc1cccc(NC2CCCOC2)c1. The summed E-state index contributed by atoms with van der Waals surface area (Å²) in [6.45, 7) is 5.39. The molecule has 0 bridgehead atoms. The first-order valence-corrected chi connectivity index (χ1v) is 6.90. The van der Waals surface area contributed by atoms with E-state index in [9.17, 15) is 4.79 Å². The molecule has 0 radical (unpaired) electrons. The molecule has 1 unspecified atom stereocenters. The van der Waals surface area contributed by atoms with E-state index in [0.717, 1.165) is 37.4 Å². The van der Waals surface area contributed by atoms with Crippen LogP contribution in [0.25, 0.3) is 0 Å². The second kappa shape index (κ2) is 6.57. The number of anilines is 2. The van der Waals surface area contributed by atoms with E-state index in [-0.39, 0.29) is 11.8 Å². The van der Waals surface area contributed by atoms with Crippen molar-refractivity contribution in [3.63, 3.8) is 0 Å². The van der Waals surface area contributed by atoms with Crippen LogP contribution in [0.5, 0.6) is 0 Å². The van der Waals surface area contributed by atoms with Crippen molar-refractivity contribution >= 4 is 17.3 Å². The first-order chi connectivity index (χ1) is 9.15. The first kappa shape index (κ1) is 13.9. The molecule has 19 heavy (non-hydrogen) atoms. The van der Waals surface area contributed by atoms with Crippen molar-refractivity contribution in [1.82, 2.24) is 0 Å². The van der Waals surface area contributed by atoms with Gasteiger partial charge in [-0.25, -0.2) is 0 Å². The number of nitrogens with one attached hydrogen (secondary N) is 2. The molecule has 1 aromatic rings. The lowest BCUT2D eigenvalue weighted by Crippen LogP contribution is -2.29. The molecule has 0 aliphatic carbocycles. The van der Waals surface area contributed by atoms with Gasteiger partial charge in [-0.1, -0.05) is 19.9 Å². The van der Waals surface area contributed by atoms with Gasteiger partial charge in [0.25, 0.3) is 0 Å². The predicted octanol–water partition coefficient (Wildman–Crippen LogP) is 2.87. The molecule has 1 fully saturated rings. The van der Waals surface area contributed by atoms with Crippen LogP contribution >= 0.6 is 0 Å². The van der Waals surface area contributed by atoms with E-state index in [2.05, 4.69) is 10.6 Å². The van der Waals surface area contributed by atoms with Gasteiger partial charge in [0.05, 0.1) is 6.61 Å². The van der Waals surface area contributed by atoms with Crippen LogP contribution in [0.15, 0.2) is 24.3 Å². The first-order valence-electron chi connectivity index (χ1n) is 6.90. The number of amides is 1. The van der Waals surface area contributed by atoms with Gasteiger partial charge in [-0.3, -0.25) is 4.79 Å². The molecule has 1 atom stereocenters. The number of ether oxygens (including phenoxy) is 1. The minimum atomic E-state index is -0.0108. The second-order valence-corrected chi connectivity index (χ2v) is 5.28. The van der Waals surface area contributed by atoms with Crippen LogP contribution in [0.3, 0.4) is 0 Å². The fourth-order valence-corrected chi connectivity index (χ4v) is 2.06. The van der Waals surface area contributed by atoms with Crippen molar-refractivity contribution in [2.45, 2.75) is 32.7 Å². The van der Waals surface area contributed by atoms with E-state index >= 15 is 0 Å². The van der Waals surface area contributed by atoms with Crippen LogP contribution < -0.4 is 10.6 Å². The van der Waals surface area contributed by atoms with Crippen molar-refractivity contribution in [2.24, 2.45) is 5.92 Å². The summed E-state index contributed by atoms with van der Waals surface area (Å²) in [4.78, 5) is 11.7. The fraction of sp³-hybridized carbons (Fsp3) is 0.533. The normalized spacial score (nSPS) is 19.2. The third-order valence-corrected chi connectivity index (χ3v) is 3.19. The van der Waals surface area contributed by atoms with Crippen molar-refractivity contribution < 1.29 is 9.53 Å². The molecule has 1 aromatic carbocycles. The van der Waals surface area contributed by atoms with Gasteiger partial charge in [0.15, 0.2) is 0 Å². The lowest BCUT2D eigenvalue weighted by atomic mass is 10.1. The maximum absolute atomic E-state index is 11.7. The van der Waals surface area contributed by atoms with Crippen molar-refractivity contribution in [1.29, 1.82) is 0 Å². The van der Waals surface area contributed by atoms with Crippen LogP contribution in [-0.4, -0.2) is 25.2 Å². The quantitative estimate of drug-likeness (QED) is 0.877. The van der Waals surface area contributed by atoms with Gasteiger partial charge >= 0.3 is 0 Å². The summed E-state index contributed by atoms with van der Waals surface area (Å²) in [5, 5.41) is 6.36. The van der Waals surface area contributed by atoms with Crippen LogP contribution in [-0.2, 0) is 9.53 Å². The molecule has 1 aliphatic rings. The van der Waals surface area contributed by atoms with E-state index < -0.39 is 0 Å². The van der Waals surface area contributed by atoms with Crippen molar-refractivity contribution in [3.8, 4) is 0 Å². The highest BCUT2D eigenvalue weighted by atomic mass is 16.5. The van der Waals surface area contributed by atoms with Crippen molar-refractivity contribution in [3.05, 3.63) is 24.3 Å². The summed E-state index contributed by atoms with van der Waals surface area (Å²) in [5.74, 6) is 0.0292. The molecule has 1 heterocycles. The third-order valence-electron chi connectivity index (χ3n) is 3.19. The molecule has 104 valence electrons. The summed E-state index contributed by atoms with van der Waals surface area (Å²) >= 11 is 0. The Morgan fingerprint density at radius 1 is 1.37 bits per heavy atom. The van der Waals surface area contributed by atoms with Crippen LogP contribution in [0.2, 0.25) is 0 Å². The average Bonchev–Trinajstić information content (AvgIpc) is 2.40. The molecular weight excluding hydrogens is 240 g/mol. The minimum absolute atomic E-state index is 0.0108. The molecule has 1 aliphatic heterocycles. The molecule has 4 heteroatoms. The summed E-state index contributed by atoms with van der Waals surface area (Å²) in [5.41, 5.74) is 1.86. The number of carbonyl (C=O) groups excluding carboxylic acids is 1. The zero-order valence-electron chi connectivity index (χ0n) is 11.6. The fourth-order valence-electron chi connectivity index (χ4n) is 2.06. The van der Waals surface area contributed by atoms with Gasteiger partial charge in [0.2, 0.25) is 5.91 Å². The predicted molar refractivity (Wildman–Crippen MR) is 77.4 cm³/mol. The van der Waals surface area contributed by atoms with E-state index in [1.807, 2.05) is 38.1 Å². The van der Waals surface area contributed by atoms with Crippen LogP contribution in [0.1, 0.15) is 26.7 Å².